The molecule has 0 unspecified atom stereocenters. The van der Waals surface area contributed by atoms with Crippen molar-refractivity contribution < 1.29 is 14.7 Å². The summed E-state index contributed by atoms with van der Waals surface area (Å²) in [5.74, 6) is -2.68. The number of carboxylic acid groups (broad SMARTS) is 1. The van der Waals surface area contributed by atoms with Gasteiger partial charge in [0.1, 0.15) is 0 Å². The molecule has 2 atom stereocenters. The highest BCUT2D eigenvalue weighted by atomic mass is 35.5. The van der Waals surface area contributed by atoms with E-state index in [0.29, 0.717) is 22.3 Å². The monoisotopic (exact) mass is 369 g/mol. The fourth-order valence-corrected chi connectivity index (χ4v) is 4.61. The molecular weight excluding hydrogens is 356 g/mol. The number of thiazole rings is 1. The Morgan fingerprint density at radius 2 is 2.00 bits per heavy atom. The molecule has 1 aliphatic carbocycles. The van der Waals surface area contributed by atoms with Crippen LogP contribution in [0.25, 0.3) is 10.6 Å². The van der Waals surface area contributed by atoms with Crippen molar-refractivity contribution in [1.82, 2.24) is 4.98 Å². The molecule has 0 bridgehead atoms. The lowest BCUT2D eigenvalue weighted by Crippen LogP contribution is -2.42. The zero-order valence-electron chi connectivity index (χ0n) is 12.1. The maximum absolute atomic E-state index is 12.4. The Bertz CT molecular complexity index is 728. The summed E-state index contributed by atoms with van der Waals surface area (Å²) in [6.07, 6.45) is 2.75. The van der Waals surface area contributed by atoms with Gasteiger partial charge in [0.2, 0.25) is 5.91 Å². The van der Waals surface area contributed by atoms with Gasteiger partial charge in [0.15, 0.2) is 5.13 Å². The minimum absolute atomic E-state index is 0.288. The number of amides is 1. The van der Waals surface area contributed by atoms with E-state index in [1.165, 1.54) is 22.7 Å². The van der Waals surface area contributed by atoms with E-state index >= 15 is 0 Å². The van der Waals surface area contributed by atoms with Crippen molar-refractivity contribution >= 4 is 51.3 Å². The summed E-state index contributed by atoms with van der Waals surface area (Å²) in [5.41, 5.74) is 0.752. The van der Waals surface area contributed by atoms with E-state index in [1.807, 2.05) is 11.4 Å². The van der Waals surface area contributed by atoms with Crippen LogP contribution in [0.4, 0.5) is 5.13 Å². The van der Waals surface area contributed by atoms with Crippen LogP contribution in [0.1, 0.15) is 25.7 Å². The van der Waals surface area contributed by atoms with Crippen LogP contribution in [0.2, 0.25) is 4.34 Å². The number of aromatic nitrogens is 1. The predicted octanol–water partition coefficient (Wildman–Crippen LogP) is 3.02. The molecule has 8 heteroatoms. The molecule has 1 fully saturated rings. The Morgan fingerprint density at radius 1 is 1.26 bits per heavy atom. The summed E-state index contributed by atoms with van der Waals surface area (Å²) in [6, 6.07) is 3.67. The number of rotatable bonds is 4. The van der Waals surface area contributed by atoms with E-state index < -0.39 is 17.8 Å². The molecule has 1 aliphatic rings. The maximum Gasteiger partial charge on any atom is 0.229 e. The average molecular weight is 370 g/mol. The minimum Gasteiger partial charge on any atom is -0.550 e. The molecule has 2 aromatic rings. The number of thiophene rings is 1. The van der Waals surface area contributed by atoms with Gasteiger partial charge >= 0.3 is 0 Å². The van der Waals surface area contributed by atoms with E-state index in [4.69, 9.17) is 11.6 Å². The summed E-state index contributed by atoms with van der Waals surface area (Å²) < 4.78 is 0.678. The van der Waals surface area contributed by atoms with Crippen LogP contribution in [-0.4, -0.2) is 16.9 Å². The number of hydrogen-bond acceptors (Lipinski definition) is 6. The number of nitrogens with zero attached hydrogens (tertiary/aromatic N) is 1. The number of carbonyl (C=O) groups is 2. The molecular formula is C15H14ClN2O3S2-. The van der Waals surface area contributed by atoms with Gasteiger partial charge in [-0.05, 0) is 25.0 Å². The molecule has 1 N–H and O–H groups in total. The highest BCUT2D eigenvalue weighted by Crippen LogP contribution is 2.34. The predicted molar refractivity (Wildman–Crippen MR) is 89.5 cm³/mol. The van der Waals surface area contributed by atoms with Crippen molar-refractivity contribution in [2.75, 3.05) is 5.32 Å². The highest BCUT2D eigenvalue weighted by molar-refractivity contribution is 7.20. The van der Waals surface area contributed by atoms with Gasteiger partial charge in [0.25, 0.3) is 0 Å². The quantitative estimate of drug-likeness (QED) is 0.898. The molecule has 23 heavy (non-hydrogen) atoms. The Kier molecular flexibility index (Phi) is 4.99. The standard InChI is InChI=1S/C15H15ClN2O3S2/c16-12-6-5-11(23-12)10-7-22-15(17-10)18-13(19)8-3-1-2-4-9(8)14(20)21/h5-9H,1-4H2,(H,20,21)(H,17,18,19)/p-1/t8-,9+/m1/s1. The first kappa shape index (κ1) is 16.4. The smallest absolute Gasteiger partial charge is 0.229 e. The zero-order valence-corrected chi connectivity index (χ0v) is 14.5. The summed E-state index contributed by atoms with van der Waals surface area (Å²) >= 11 is 8.64. The van der Waals surface area contributed by atoms with Crippen molar-refractivity contribution in [2.45, 2.75) is 25.7 Å². The second kappa shape index (κ2) is 6.98. The van der Waals surface area contributed by atoms with Crippen LogP contribution >= 0.6 is 34.3 Å². The van der Waals surface area contributed by atoms with Crippen LogP contribution < -0.4 is 10.4 Å². The lowest BCUT2D eigenvalue weighted by molar-refractivity contribution is -0.313. The minimum atomic E-state index is -1.14. The molecule has 0 saturated heterocycles. The fraction of sp³-hybridized carbons (Fsp3) is 0.400. The normalized spacial score (nSPS) is 21.1. The van der Waals surface area contributed by atoms with Crippen LogP contribution in [0.3, 0.4) is 0 Å². The molecule has 3 rings (SSSR count). The van der Waals surface area contributed by atoms with Crippen LogP contribution in [0, 0.1) is 11.8 Å². The van der Waals surface area contributed by atoms with E-state index in [2.05, 4.69) is 10.3 Å². The van der Waals surface area contributed by atoms with Gasteiger partial charge in [0.05, 0.1) is 14.9 Å². The van der Waals surface area contributed by atoms with E-state index in [1.54, 1.807) is 6.07 Å². The summed E-state index contributed by atoms with van der Waals surface area (Å²) in [7, 11) is 0. The van der Waals surface area contributed by atoms with Gasteiger partial charge < -0.3 is 15.2 Å². The van der Waals surface area contributed by atoms with Gasteiger partial charge in [0, 0.05) is 23.2 Å². The maximum atomic E-state index is 12.4. The number of carbonyl (C=O) groups excluding carboxylic acids is 2. The Morgan fingerprint density at radius 3 is 2.65 bits per heavy atom. The average Bonchev–Trinajstić information content (AvgIpc) is 3.16. The third-order valence-electron chi connectivity index (χ3n) is 3.97. The van der Waals surface area contributed by atoms with Gasteiger partial charge in [-0.3, -0.25) is 4.79 Å². The molecule has 0 aliphatic heterocycles. The molecule has 0 spiro atoms. The Labute approximate surface area is 146 Å². The van der Waals surface area contributed by atoms with Crippen molar-refractivity contribution in [2.24, 2.45) is 11.8 Å². The third-order valence-corrected chi connectivity index (χ3v) is 5.98. The highest BCUT2D eigenvalue weighted by Gasteiger charge is 2.32. The third kappa shape index (κ3) is 3.73. The molecule has 122 valence electrons. The van der Waals surface area contributed by atoms with Gasteiger partial charge in [-0.2, -0.15) is 0 Å². The molecule has 1 amide bonds. The molecule has 5 nitrogen and oxygen atoms in total. The first-order valence-electron chi connectivity index (χ1n) is 7.27. The summed E-state index contributed by atoms with van der Waals surface area (Å²) in [5, 5.41) is 16.3. The van der Waals surface area contributed by atoms with Crippen LogP contribution in [0.5, 0.6) is 0 Å². The zero-order chi connectivity index (χ0) is 16.4. The van der Waals surface area contributed by atoms with Crippen molar-refractivity contribution in [3.8, 4) is 10.6 Å². The number of hydrogen-bond donors (Lipinski definition) is 1. The number of nitrogens with one attached hydrogen (secondary N) is 1. The lowest BCUT2D eigenvalue weighted by atomic mass is 9.79. The largest absolute Gasteiger partial charge is 0.550 e. The van der Waals surface area contributed by atoms with Crippen molar-refractivity contribution in [3.63, 3.8) is 0 Å². The first-order chi connectivity index (χ1) is 11.0. The fourth-order valence-electron chi connectivity index (χ4n) is 2.82. The van der Waals surface area contributed by atoms with Crippen molar-refractivity contribution in [3.05, 3.63) is 21.8 Å². The van der Waals surface area contributed by atoms with Crippen LogP contribution in [-0.2, 0) is 9.59 Å². The van der Waals surface area contributed by atoms with Gasteiger partial charge in [-0.15, -0.1) is 22.7 Å². The summed E-state index contributed by atoms with van der Waals surface area (Å²) in [4.78, 5) is 28.9. The van der Waals surface area contributed by atoms with Gasteiger partial charge in [-0.1, -0.05) is 24.4 Å². The van der Waals surface area contributed by atoms with E-state index in [0.717, 1.165) is 23.4 Å². The Hall–Kier alpha value is -1.44. The summed E-state index contributed by atoms with van der Waals surface area (Å²) in [6.45, 7) is 0. The SMILES string of the molecule is O=C([O-])[C@H]1CCCC[C@H]1C(=O)Nc1nc(-c2ccc(Cl)s2)cs1. The van der Waals surface area contributed by atoms with E-state index in [-0.39, 0.29) is 5.91 Å². The number of halogens is 1. The van der Waals surface area contributed by atoms with E-state index in [9.17, 15) is 14.7 Å². The number of aliphatic carboxylic acids is 1. The van der Waals surface area contributed by atoms with Crippen molar-refractivity contribution in [1.29, 1.82) is 0 Å². The lowest BCUT2D eigenvalue weighted by Gasteiger charge is -2.30. The first-order valence-corrected chi connectivity index (χ1v) is 9.35. The number of carboxylic acids is 1. The number of anilines is 1. The molecule has 0 aromatic carbocycles. The Balaban J connectivity index is 1.70. The molecule has 0 radical (unpaired) electrons. The second-order valence-electron chi connectivity index (χ2n) is 5.45. The molecule has 2 heterocycles. The van der Waals surface area contributed by atoms with Gasteiger partial charge in [-0.25, -0.2) is 4.98 Å². The molecule has 1 saturated carbocycles. The second-order valence-corrected chi connectivity index (χ2v) is 8.02. The van der Waals surface area contributed by atoms with Crippen LogP contribution in [0.15, 0.2) is 17.5 Å². The topological polar surface area (TPSA) is 82.1 Å². The molecule has 2 aromatic heterocycles.